The zero-order valence-corrected chi connectivity index (χ0v) is 16.7. The summed E-state index contributed by atoms with van der Waals surface area (Å²) in [6.07, 6.45) is 1.63. The first-order valence-electron chi connectivity index (χ1n) is 9.23. The Balaban J connectivity index is 1.84. The molecule has 0 saturated carbocycles. The molecule has 1 fully saturated rings. The van der Waals surface area contributed by atoms with Crippen LogP contribution in [0.1, 0.15) is 29.8 Å². The minimum Gasteiger partial charge on any atom is -0.336 e. The van der Waals surface area contributed by atoms with E-state index >= 15 is 0 Å². The highest BCUT2D eigenvalue weighted by atomic mass is 32.1. The highest BCUT2D eigenvalue weighted by molar-refractivity contribution is 7.13. The number of hydrogen-bond acceptors (Lipinski definition) is 4. The Morgan fingerprint density at radius 2 is 1.79 bits per heavy atom. The van der Waals surface area contributed by atoms with E-state index in [2.05, 4.69) is 9.69 Å². The van der Waals surface area contributed by atoms with Gasteiger partial charge in [0, 0.05) is 36.8 Å². The van der Waals surface area contributed by atoms with Crippen molar-refractivity contribution >= 4 is 27.5 Å². The number of aromatic nitrogens is 1. The zero-order valence-electron chi connectivity index (χ0n) is 15.9. The topological polar surface area (TPSA) is 45.2 Å². The van der Waals surface area contributed by atoms with Gasteiger partial charge in [0.25, 0.3) is 5.91 Å². The Morgan fingerprint density at radius 3 is 2.43 bits per heavy atom. The standard InChI is InChI=1S/C21H21F2N3OS/c1-11-4-17(22)19(18(23)5-11)14-6-15-8-24-28-20(15)16(7-14)21(27)26-9-12(2)25-13(3)10-26/h4-8,12-13,25H,9-10H2,1-3H3/t12-,13+. The van der Waals surface area contributed by atoms with Gasteiger partial charge in [0.2, 0.25) is 0 Å². The third-order valence-electron chi connectivity index (χ3n) is 5.00. The fourth-order valence-electron chi connectivity index (χ4n) is 3.93. The van der Waals surface area contributed by atoms with Gasteiger partial charge in [-0.15, -0.1) is 0 Å². The Labute approximate surface area is 166 Å². The van der Waals surface area contributed by atoms with E-state index < -0.39 is 11.6 Å². The normalized spacial score (nSPS) is 20.0. The second kappa shape index (κ2) is 7.22. The van der Waals surface area contributed by atoms with Crippen LogP contribution in [0, 0.1) is 18.6 Å². The first-order valence-corrected chi connectivity index (χ1v) is 10.0. The van der Waals surface area contributed by atoms with Crippen LogP contribution in [0.5, 0.6) is 0 Å². The summed E-state index contributed by atoms with van der Waals surface area (Å²) < 4.78 is 34.0. The molecule has 3 aromatic rings. The van der Waals surface area contributed by atoms with E-state index in [-0.39, 0.29) is 23.6 Å². The van der Waals surface area contributed by atoms with Gasteiger partial charge < -0.3 is 10.2 Å². The second-order valence-electron chi connectivity index (χ2n) is 7.55. The van der Waals surface area contributed by atoms with Gasteiger partial charge in [-0.25, -0.2) is 8.78 Å². The van der Waals surface area contributed by atoms with Gasteiger partial charge in [0.1, 0.15) is 11.6 Å². The van der Waals surface area contributed by atoms with Crippen molar-refractivity contribution in [2.24, 2.45) is 0 Å². The van der Waals surface area contributed by atoms with E-state index in [1.54, 1.807) is 30.2 Å². The van der Waals surface area contributed by atoms with Crippen LogP contribution in [-0.2, 0) is 0 Å². The number of fused-ring (bicyclic) bond motifs is 1. The summed E-state index contributed by atoms with van der Waals surface area (Å²) in [5.41, 5.74) is 1.19. The molecule has 4 rings (SSSR count). The summed E-state index contributed by atoms with van der Waals surface area (Å²) in [7, 11) is 0. The lowest BCUT2D eigenvalue weighted by molar-refractivity contribution is 0.0676. The molecule has 0 spiro atoms. The summed E-state index contributed by atoms with van der Waals surface area (Å²) in [6.45, 7) is 6.88. The van der Waals surface area contributed by atoms with Crippen LogP contribution in [-0.4, -0.2) is 40.4 Å². The van der Waals surface area contributed by atoms with E-state index in [9.17, 15) is 13.6 Å². The van der Waals surface area contributed by atoms with Crippen molar-refractivity contribution in [2.45, 2.75) is 32.9 Å². The Bertz CT molecular complexity index is 1030. The predicted octanol–water partition coefficient (Wildman–Crippen LogP) is 4.37. The van der Waals surface area contributed by atoms with Crippen molar-refractivity contribution in [1.82, 2.24) is 14.6 Å². The summed E-state index contributed by atoms with van der Waals surface area (Å²) in [4.78, 5) is 15.1. The molecule has 1 N–H and O–H groups in total. The monoisotopic (exact) mass is 401 g/mol. The molecule has 1 aliphatic heterocycles. The maximum atomic E-state index is 14.6. The lowest BCUT2D eigenvalue weighted by Gasteiger charge is -2.36. The summed E-state index contributed by atoms with van der Waals surface area (Å²) >= 11 is 1.22. The average molecular weight is 401 g/mol. The molecule has 2 aromatic carbocycles. The number of nitrogens with zero attached hydrogens (tertiary/aromatic N) is 2. The number of halogens is 2. The van der Waals surface area contributed by atoms with Crippen molar-refractivity contribution in [3.8, 4) is 11.1 Å². The van der Waals surface area contributed by atoms with Crippen LogP contribution in [0.4, 0.5) is 8.78 Å². The Hall–Kier alpha value is -2.38. The number of rotatable bonds is 2. The number of amides is 1. The molecular weight excluding hydrogens is 380 g/mol. The smallest absolute Gasteiger partial charge is 0.255 e. The van der Waals surface area contributed by atoms with E-state index in [1.165, 1.54) is 23.7 Å². The van der Waals surface area contributed by atoms with Crippen molar-refractivity contribution in [3.05, 3.63) is 53.2 Å². The molecule has 2 atom stereocenters. The highest BCUT2D eigenvalue weighted by Gasteiger charge is 2.28. The molecule has 1 aromatic heterocycles. The van der Waals surface area contributed by atoms with E-state index in [0.29, 0.717) is 35.2 Å². The van der Waals surface area contributed by atoms with Crippen molar-refractivity contribution in [1.29, 1.82) is 0 Å². The molecule has 1 aliphatic rings. The molecule has 0 radical (unpaired) electrons. The van der Waals surface area contributed by atoms with E-state index in [4.69, 9.17) is 0 Å². The fourth-order valence-corrected chi connectivity index (χ4v) is 4.66. The van der Waals surface area contributed by atoms with Gasteiger partial charge in [-0.1, -0.05) is 0 Å². The van der Waals surface area contributed by atoms with Gasteiger partial charge in [-0.05, 0) is 67.7 Å². The number of nitrogens with one attached hydrogen (secondary N) is 1. The molecule has 0 unspecified atom stereocenters. The first kappa shape index (κ1) is 19.0. The molecule has 146 valence electrons. The SMILES string of the molecule is Cc1cc(F)c(-c2cc(C(=O)N3C[C@@H](C)N[C@@H](C)C3)c3sncc3c2)c(F)c1. The Morgan fingerprint density at radius 1 is 1.14 bits per heavy atom. The molecule has 0 aliphatic carbocycles. The molecule has 2 heterocycles. The predicted molar refractivity (Wildman–Crippen MR) is 108 cm³/mol. The lowest BCUT2D eigenvalue weighted by Crippen LogP contribution is -2.55. The number of carbonyl (C=O) groups is 1. The molecule has 7 heteroatoms. The number of carbonyl (C=O) groups excluding carboxylic acids is 1. The second-order valence-corrected chi connectivity index (χ2v) is 8.35. The number of benzene rings is 2. The maximum Gasteiger partial charge on any atom is 0.255 e. The van der Waals surface area contributed by atoms with Crippen LogP contribution in [0.15, 0.2) is 30.5 Å². The molecule has 1 amide bonds. The fraction of sp³-hybridized carbons (Fsp3) is 0.333. The minimum atomic E-state index is -0.636. The quantitative estimate of drug-likeness (QED) is 0.694. The zero-order chi connectivity index (χ0) is 20.0. The maximum absolute atomic E-state index is 14.6. The summed E-state index contributed by atoms with van der Waals surface area (Å²) in [6, 6.07) is 6.25. The van der Waals surface area contributed by atoms with Gasteiger partial charge in [-0.3, -0.25) is 4.79 Å². The highest BCUT2D eigenvalue weighted by Crippen LogP contribution is 2.34. The van der Waals surface area contributed by atoms with Gasteiger partial charge in [0.15, 0.2) is 0 Å². The number of hydrogen-bond donors (Lipinski definition) is 1. The number of aryl methyl sites for hydroxylation is 1. The van der Waals surface area contributed by atoms with Gasteiger partial charge in [0.05, 0.1) is 15.8 Å². The van der Waals surface area contributed by atoms with Crippen LogP contribution >= 0.6 is 11.5 Å². The summed E-state index contributed by atoms with van der Waals surface area (Å²) in [5.74, 6) is -1.41. The van der Waals surface area contributed by atoms with Crippen molar-refractivity contribution in [3.63, 3.8) is 0 Å². The van der Waals surface area contributed by atoms with E-state index in [0.717, 1.165) is 4.70 Å². The van der Waals surface area contributed by atoms with Crippen LogP contribution in [0.2, 0.25) is 0 Å². The minimum absolute atomic E-state index is 0.116. The first-order chi connectivity index (χ1) is 13.3. The van der Waals surface area contributed by atoms with Gasteiger partial charge >= 0.3 is 0 Å². The third kappa shape index (κ3) is 3.40. The van der Waals surface area contributed by atoms with Crippen LogP contribution in [0.25, 0.3) is 21.2 Å². The molecular formula is C21H21F2N3OS. The molecule has 4 nitrogen and oxygen atoms in total. The van der Waals surface area contributed by atoms with Gasteiger partial charge in [-0.2, -0.15) is 4.37 Å². The number of piperazine rings is 1. The lowest BCUT2D eigenvalue weighted by atomic mass is 9.98. The summed E-state index contributed by atoms with van der Waals surface area (Å²) in [5, 5.41) is 4.11. The molecule has 0 bridgehead atoms. The van der Waals surface area contributed by atoms with Crippen molar-refractivity contribution < 1.29 is 13.6 Å². The van der Waals surface area contributed by atoms with E-state index in [1.807, 2.05) is 13.8 Å². The van der Waals surface area contributed by atoms with Crippen LogP contribution in [0.3, 0.4) is 0 Å². The average Bonchev–Trinajstić information content (AvgIpc) is 3.07. The van der Waals surface area contributed by atoms with Crippen molar-refractivity contribution in [2.75, 3.05) is 13.1 Å². The Kier molecular flexibility index (Phi) is 4.89. The molecule has 28 heavy (non-hydrogen) atoms. The van der Waals surface area contributed by atoms with Crippen LogP contribution < -0.4 is 5.32 Å². The largest absolute Gasteiger partial charge is 0.336 e. The molecule has 1 saturated heterocycles. The third-order valence-corrected chi connectivity index (χ3v) is 5.85.